The normalized spacial score (nSPS) is 10.7. The zero-order valence-electron chi connectivity index (χ0n) is 14.7. The van der Waals surface area contributed by atoms with Crippen LogP contribution in [-0.2, 0) is 6.61 Å². The smallest absolute Gasteiger partial charge is 0.167 e. The van der Waals surface area contributed by atoms with Crippen molar-refractivity contribution in [2.75, 3.05) is 0 Å². The van der Waals surface area contributed by atoms with Crippen molar-refractivity contribution in [3.63, 3.8) is 0 Å². The number of halogens is 1. The van der Waals surface area contributed by atoms with Gasteiger partial charge in [0.2, 0.25) is 0 Å². The zero-order valence-corrected chi connectivity index (χ0v) is 14.7. The molecule has 0 bridgehead atoms. The fraction of sp³-hybridized carbons (Fsp3) is 0.0909. The first-order chi connectivity index (χ1) is 13.2. The maximum atomic E-state index is 14.6. The lowest BCUT2D eigenvalue weighted by atomic mass is 10.1. The molecule has 3 aromatic carbocycles. The van der Waals surface area contributed by atoms with Crippen LogP contribution in [0.2, 0.25) is 0 Å². The Hall–Kier alpha value is -3.65. The van der Waals surface area contributed by atoms with Gasteiger partial charge >= 0.3 is 0 Å². The Labute approximate surface area is 156 Å². The van der Waals surface area contributed by atoms with Crippen molar-refractivity contribution in [1.29, 1.82) is 5.26 Å². The lowest BCUT2D eigenvalue weighted by Crippen LogP contribution is -2.00. The number of benzene rings is 3. The molecule has 0 spiro atoms. The van der Waals surface area contributed by atoms with Crippen LogP contribution in [0.15, 0.2) is 66.9 Å². The van der Waals surface area contributed by atoms with E-state index in [1.54, 1.807) is 29.1 Å². The van der Waals surface area contributed by atoms with E-state index in [4.69, 9.17) is 4.74 Å². The Bertz CT molecular complexity index is 1160. The van der Waals surface area contributed by atoms with E-state index in [0.29, 0.717) is 17.9 Å². The lowest BCUT2D eigenvalue weighted by molar-refractivity contribution is 0.290. The van der Waals surface area contributed by atoms with Crippen molar-refractivity contribution < 1.29 is 9.13 Å². The van der Waals surface area contributed by atoms with Gasteiger partial charge in [-0.15, -0.1) is 0 Å². The van der Waals surface area contributed by atoms with Gasteiger partial charge in [-0.25, -0.2) is 9.07 Å². The van der Waals surface area contributed by atoms with Gasteiger partial charge in [-0.2, -0.15) is 10.4 Å². The molecule has 5 heteroatoms. The number of aromatic nitrogens is 2. The number of nitriles is 1. The maximum Gasteiger partial charge on any atom is 0.167 e. The van der Waals surface area contributed by atoms with Crippen LogP contribution in [0.1, 0.15) is 16.7 Å². The highest BCUT2D eigenvalue weighted by Crippen LogP contribution is 2.26. The van der Waals surface area contributed by atoms with Crippen LogP contribution in [0.4, 0.5) is 4.39 Å². The van der Waals surface area contributed by atoms with Gasteiger partial charge in [0, 0.05) is 11.5 Å². The fourth-order valence-corrected chi connectivity index (χ4v) is 3.04. The summed E-state index contributed by atoms with van der Waals surface area (Å²) in [4.78, 5) is 0. The molecule has 4 nitrogen and oxygen atoms in total. The minimum Gasteiger partial charge on any atom is -0.486 e. The van der Waals surface area contributed by atoms with Gasteiger partial charge in [0.25, 0.3) is 0 Å². The molecular weight excluding hydrogens is 341 g/mol. The van der Waals surface area contributed by atoms with Crippen LogP contribution >= 0.6 is 0 Å². The third-order valence-electron chi connectivity index (χ3n) is 4.42. The SMILES string of the molecule is Cc1cc(C#N)cc2c1cnn2-c1ccc(OCc2ccccc2)c(F)c1. The van der Waals surface area contributed by atoms with E-state index in [2.05, 4.69) is 11.2 Å². The molecule has 0 aliphatic heterocycles. The molecule has 0 atom stereocenters. The molecule has 4 aromatic rings. The van der Waals surface area contributed by atoms with Gasteiger partial charge in [0.15, 0.2) is 11.6 Å². The molecule has 0 unspecified atom stereocenters. The topological polar surface area (TPSA) is 50.8 Å². The Morgan fingerprint density at radius 2 is 1.93 bits per heavy atom. The monoisotopic (exact) mass is 357 g/mol. The van der Waals surface area contributed by atoms with E-state index in [1.807, 2.05) is 43.3 Å². The molecule has 0 N–H and O–H groups in total. The second-order valence-corrected chi connectivity index (χ2v) is 6.28. The first kappa shape index (κ1) is 16.8. The Morgan fingerprint density at radius 1 is 1.11 bits per heavy atom. The van der Waals surface area contributed by atoms with E-state index < -0.39 is 5.82 Å². The Balaban J connectivity index is 1.66. The standard InChI is InChI=1S/C22H16FN3O/c1-15-9-17(12-24)10-21-19(15)13-25-26(21)18-7-8-22(20(23)11-18)27-14-16-5-3-2-4-6-16/h2-11,13H,14H2,1H3. The van der Waals surface area contributed by atoms with Gasteiger partial charge in [0.05, 0.1) is 29.0 Å². The molecule has 0 fully saturated rings. The number of ether oxygens (including phenoxy) is 1. The average molecular weight is 357 g/mol. The van der Waals surface area contributed by atoms with Crippen molar-refractivity contribution in [3.05, 3.63) is 89.4 Å². The Kier molecular flexibility index (Phi) is 4.31. The van der Waals surface area contributed by atoms with Crippen LogP contribution in [0.25, 0.3) is 16.6 Å². The molecule has 1 aromatic heterocycles. The molecule has 0 aliphatic rings. The molecular formula is C22H16FN3O. The summed E-state index contributed by atoms with van der Waals surface area (Å²) in [7, 11) is 0. The van der Waals surface area contributed by atoms with Crippen LogP contribution in [0.5, 0.6) is 5.75 Å². The van der Waals surface area contributed by atoms with E-state index in [-0.39, 0.29) is 5.75 Å². The second kappa shape index (κ2) is 6.93. The van der Waals surface area contributed by atoms with Crippen molar-refractivity contribution in [1.82, 2.24) is 9.78 Å². The average Bonchev–Trinajstić information content (AvgIpc) is 3.12. The number of hydrogen-bond donors (Lipinski definition) is 0. The molecule has 0 radical (unpaired) electrons. The van der Waals surface area contributed by atoms with Gasteiger partial charge < -0.3 is 4.74 Å². The Morgan fingerprint density at radius 3 is 2.67 bits per heavy atom. The highest BCUT2D eigenvalue weighted by atomic mass is 19.1. The van der Waals surface area contributed by atoms with Crippen molar-refractivity contribution in [2.24, 2.45) is 0 Å². The molecule has 27 heavy (non-hydrogen) atoms. The van der Waals surface area contributed by atoms with E-state index in [9.17, 15) is 9.65 Å². The summed E-state index contributed by atoms with van der Waals surface area (Å²) < 4.78 is 21.8. The van der Waals surface area contributed by atoms with Crippen LogP contribution < -0.4 is 4.74 Å². The molecule has 0 amide bonds. The highest BCUT2D eigenvalue weighted by Gasteiger charge is 2.12. The third kappa shape index (κ3) is 3.25. The number of rotatable bonds is 4. The largest absolute Gasteiger partial charge is 0.486 e. The number of aryl methyl sites for hydroxylation is 1. The quantitative estimate of drug-likeness (QED) is 0.521. The van der Waals surface area contributed by atoms with E-state index in [1.165, 1.54) is 6.07 Å². The van der Waals surface area contributed by atoms with Gasteiger partial charge in [-0.1, -0.05) is 30.3 Å². The summed E-state index contributed by atoms with van der Waals surface area (Å²) >= 11 is 0. The summed E-state index contributed by atoms with van der Waals surface area (Å²) in [5.41, 5.74) is 3.81. The fourth-order valence-electron chi connectivity index (χ4n) is 3.04. The first-order valence-corrected chi connectivity index (χ1v) is 8.51. The molecule has 132 valence electrons. The van der Waals surface area contributed by atoms with Gasteiger partial charge in [-0.05, 0) is 42.3 Å². The number of hydrogen-bond acceptors (Lipinski definition) is 3. The summed E-state index contributed by atoms with van der Waals surface area (Å²) in [6.07, 6.45) is 1.73. The summed E-state index contributed by atoms with van der Waals surface area (Å²) in [6, 6.07) is 20.1. The van der Waals surface area contributed by atoms with Gasteiger partial charge in [-0.3, -0.25) is 0 Å². The van der Waals surface area contributed by atoms with Crippen LogP contribution in [0, 0.1) is 24.1 Å². The third-order valence-corrected chi connectivity index (χ3v) is 4.42. The lowest BCUT2D eigenvalue weighted by Gasteiger charge is -2.10. The molecule has 0 aliphatic carbocycles. The predicted molar refractivity (Wildman–Crippen MR) is 101 cm³/mol. The minimum atomic E-state index is -0.458. The summed E-state index contributed by atoms with van der Waals surface area (Å²) in [6.45, 7) is 2.23. The summed E-state index contributed by atoms with van der Waals surface area (Å²) in [5.74, 6) is -0.270. The molecule has 0 saturated heterocycles. The maximum absolute atomic E-state index is 14.6. The first-order valence-electron chi connectivity index (χ1n) is 8.51. The van der Waals surface area contributed by atoms with Crippen molar-refractivity contribution >= 4 is 10.9 Å². The predicted octanol–water partition coefficient (Wildman–Crippen LogP) is 4.92. The molecule has 1 heterocycles. The highest BCUT2D eigenvalue weighted by molar-refractivity contribution is 5.85. The zero-order chi connectivity index (χ0) is 18.8. The van der Waals surface area contributed by atoms with Gasteiger partial charge in [0.1, 0.15) is 6.61 Å². The summed E-state index contributed by atoms with van der Waals surface area (Å²) in [5, 5.41) is 14.5. The van der Waals surface area contributed by atoms with Crippen LogP contribution in [-0.4, -0.2) is 9.78 Å². The van der Waals surface area contributed by atoms with E-state index >= 15 is 0 Å². The van der Waals surface area contributed by atoms with Crippen molar-refractivity contribution in [2.45, 2.75) is 13.5 Å². The minimum absolute atomic E-state index is 0.188. The van der Waals surface area contributed by atoms with E-state index in [0.717, 1.165) is 22.0 Å². The van der Waals surface area contributed by atoms with Crippen molar-refractivity contribution in [3.8, 4) is 17.5 Å². The molecule has 0 saturated carbocycles. The second-order valence-electron chi connectivity index (χ2n) is 6.28. The van der Waals surface area contributed by atoms with Crippen LogP contribution in [0.3, 0.4) is 0 Å². The molecule has 4 rings (SSSR count). The number of nitrogens with zero attached hydrogens (tertiary/aromatic N) is 3. The number of fused-ring (bicyclic) bond motifs is 1.